The number of amides is 2. The first-order chi connectivity index (χ1) is 9.75. The Labute approximate surface area is 115 Å². The van der Waals surface area contributed by atoms with Crippen molar-refractivity contribution in [2.45, 2.75) is 6.04 Å². The lowest BCUT2D eigenvalue weighted by molar-refractivity contribution is -0.0847. The van der Waals surface area contributed by atoms with Crippen LogP contribution in [-0.4, -0.2) is 24.3 Å². The molecule has 2 heterocycles. The van der Waals surface area contributed by atoms with Crippen LogP contribution in [0.1, 0.15) is 11.6 Å². The second kappa shape index (κ2) is 4.11. The molecular weight excluding hydrogens is 256 g/mol. The van der Waals surface area contributed by atoms with E-state index in [0.29, 0.717) is 13.2 Å². The number of ether oxygens (including phenoxy) is 1. The lowest BCUT2D eigenvalue weighted by Crippen LogP contribution is -2.38. The second-order valence-electron chi connectivity index (χ2n) is 5.17. The highest BCUT2D eigenvalue weighted by atomic mass is 16.7. The third kappa shape index (κ3) is 1.50. The average Bonchev–Trinajstić information content (AvgIpc) is 2.91. The largest absolute Gasteiger partial charge is 0.493 e. The van der Waals surface area contributed by atoms with Crippen LogP contribution in [-0.2, 0) is 4.84 Å². The van der Waals surface area contributed by atoms with E-state index in [0.717, 1.165) is 22.1 Å². The van der Waals surface area contributed by atoms with Crippen molar-refractivity contribution in [3.63, 3.8) is 0 Å². The van der Waals surface area contributed by atoms with Gasteiger partial charge in [-0.15, -0.1) is 0 Å². The van der Waals surface area contributed by atoms with Gasteiger partial charge in [-0.25, -0.2) is 4.79 Å². The smallest absolute Gasteiger partial charge is 0.339 e. The predicted octanol–water partition coefficient (Wildman–Crippen LogP) is 2.22. The third-order valence-corrected chi connectivity index (χ3v) is 4.02. The summed E-state index contributed by atoms with van der Waals surface area (Å²) >= 11 is 0. The maximum atomic E-state index is 11.6. The van der Waals surface area contributed by atoms with Crippen LogP contribution in [0, 0.1) is 5.92 Å². The Morgan fingerprint density at radius 2 is 2.05 bits per heavy atom. The van der Waals surface area contributed by atoms with E-state index in [4.69, 9.17) is 15.3 Å². The topological polar surface area (TPSA) is 64.8 Å². The van der Waals surface area contributed by atoms with Gasteiger partial charge in [0.2, 0.25) is 0 Å². The number of carbonyl (C=O) groups is 1. The van der Waals surface area contributed by atoms with Crippen molar-refractivity contribution in [2.75, 3.05) is 13.2 Å². The molecule has 0 spiro atoms. The fourth-order valence-corrected chi connectivity index (χ4v) is 3.14. The number of urea groups is 1. The van der Waals surface area contributed by atoms with Gasteiger partial charge < -0.3 is 10.5 Å². The van der Waals surface area contributed by atoms with Gasteiger partial charge in [0, 0.05) is 11.5 Å². The molecule has 102 valence electrons. The molecule has 0 aromatic heterocycles. The molecule has 2 atom stereocenters. The molecule has 0 unspecified atom stereocenters. The van der Waals surface area contributed by atoms with E-state index < -0.39 is 6.03 Å². The Hall–Kier alpha value is -2.27. The Morgan fingerprint density at radius 3 is 2.90 bits per heavy atom. The van der Waals surface area contributed by atoms with Crippen LogP contribution < -0.4 is 10.5 Å². The molecule has 5 nitrogen and oxygen atoms in total. The van der Waals surface area contributed by atoms with Gasteiger partial charge in [-0.05, 0) is 16.8 Å². The Morgan fingerprint density at radius 1 is 1.20 bits per heavy atom. The number of nitrogens with two attached hydrogens (primary N) is 1. The maximum Gasteiger partial charge on any atom is 0.339 e. The molecule has 4 rings (SSSR count). The molecule has 0 bridgehead atoms. The van der Waals surface area contributed by atoms with Gasteiger partial charge in [0.1, 0.15) is 5.75 Å². The van der Waals surface area contributed by atoms with Crippen molar-refractivity contribution in [1.82, 2.24) is 5.06 Å². The van der Waals surface area contributed by atoms with Gasteiger partial charge in [-0.1, -0.05) is 30.3 Å². The number of nitrogens with zero attached hydrogens (tertiary/aromatic N) is 1. The van der Waals surface area contributed by atoms with Crippen LogP contribution in [0.5, 0.6) is 5.75 Å². The molecule has 1 fully saturated rings. The summed E-state index contributed by atoms with van der Waals surface area (Å²) in [4.78, 5) is 17.0. The number of hydrogen-bond acceptors (Lipinski definition) is 3. The highest BCUT2D eigenvalue weighted by Crippen LogP contribution is 2.46. The first kappa shape index (κ1) is 11.5. The van der Waals surface area contributed by atoms with Crippen molar-refractivity contribution in [2.24, 2.45) is 11.7 Å². The second-order valence-corrected chi connectivity index (χ2v) is 5.17. The van der Waals surface area contributed by atoms with Crippen LogP contribution in [0.3, 0.4) is 0 Å². The standard InChI is InChI=1S/C15H14N2O3/c16-15(18)17-14-10(8-20-17)7-19-12-6-5-9-3-1-2-4-11(9)13(12)14/h1-6,10,14H,7-8H2,(H2,16,18)/t10-,14-/m1/s1. The Bertz CT molecular complexity index is 701. The molecule has 0 radical (unpaired) electrons. The molecule has 2 N–H and O–H groups in total. The minimum absolute atomic E-state index is 0.126. The fraction of sp³-hybridized carbons (Fsp3) is 0.267. The number of hydrogen-bond donors (Lipinski definition) is 1. The van der Waals surface area contributed by atoms with E-state index in [1.807, 2.05) is 36.4 Å². The van der Waals surface area contributed by atoms with Crippen LogP contribution >= 0.6 is 0 Å². The van der Waals surface area contributed by atoms with Crippen LogP contribution in [0.4, 0.5) is 4.79 Å². The van der Waals surface area contributed by atoms with Crippen LogP contribution in [0.2, 0.25) is 0 Å². The van der Waals surface area contributed by atoms with Crippen molar-refractivity contribution in [1.29, 1.82) is 0 Å². The summed E-state index contributed by atoms with van der Waals surface area (Å²) in [5.41, 5.74) is 6.42. The number of fused-ring (bicyclic) bond motifs is 5. The summed E-state index contributed by atoms with van der Waals surface area (Å²) in [5, 5.41) is 3.49. The van der Waals surface area contributed by atoms with E-state index in [-0.39, 0.29) is 12.0 Å². The molecule has 2 aromatic carbocycles. The minimum Gasteiger partial charge on any atom is -0.493 e. The summed E-state index contributed by atoms with van der Waals surface area (Å²) in [7, 11) is 0. The average molecular weight is 270 g/mol. The molecule has 0 aliphatic carbocycles. The van der Waals surface area contributed by atoms with Crippen molar-refractivity contribution >= 4 is 16.8 Å². The minimum atomic E-state index is -0.557. The Balaban J connectivity index is 1.97. The highest BCUT2D eigenvalue weighted by Gasteiger charge is 2.44. The summed E-state index contributed by atoms with van der Waals surface area (Å²) in [6, 6.07) is 11.3. The van der Waals surface area contributed by atoms with Crippen molar-refractivity contribution in [3.05, 3.63) is 42.0 Å². The van der Waals surface area contributed by atoms with Crippen LogP contribution in [0.25, 0.3) is 10.8 Å². The first-order valence-electron chi connectivity index (χ1n) is 6.62. The summed E-state index contributed by atoms with van der Waals surface area (Å²) < 4.78 is 5.81. The quantitative estimate of drug-likeness (QED) is 0.798. The molecule has 5 heteroatoms. The number of hydroxylamine groups is 2. The predicted molar refractivity (Wildman–Crippen MR) is 73.0 cm³/mol. The zero-order valence-electron chi connectivity index (χ0n) is 10.8. The van der Waals surface area contributed by atoms with Gasteiger partial charge in [0.25, 0.3) is 0 Å². The monoisotopic (exact) mass is 270 g/mol. The SMILES string of the molecule is NC(=O)N1OC[C@H]2COc3ccc4ccccc4c3[C@@H]21. The van der Waals surface area contributed by atoms with E-state index in [1.165, 1.54) is 5.06 Å². The maximum absolute atomic E-state index is 11.6. The van der Waals surface area contributed by atoms with Gasteiger partial charge >= 0.3 is 6.03 Å². The summed E-state index contributed by atoms with van der Waals surface area (Å²) in [6.07, 6.45) is 0. The number of rotatable bonds is 0. The van der Waals surface area contributed by atoms with Gasteiger partial charge in [0.15, 0.2) is 0 Å². The molecular formula is C15H14N2O3. The van der Waals surface area contributed by atoms with Crippen LogP contribution in [0.15, 0.2) is 36.4 Å². The number of carbonyl (C=O) groups excluding carboxylic acids is 1. The lowest BCUT2D eigenvalue weighted by atomic mass is 9.88. The number of primary amides is 1. The molecule has 1 saturated heterocycles. The van der Waals surface area contributed by atoms with Gasteiger partial charge in [-0.2, -0.15) is 5.06 Å². The van der Waals surface area contributed by atoms with E-state index in [2.05, 4.69) is 0 Å². The summed E-state index contributed by atoms with van der Waals surface area (Å²) in [6.45, 7) is 0.996. The van der Waals surface area contributed by atoms with Crippen molar-refractivity contribution in [3.8, 4) is 5.75 Å². The zero-order chi connectivity index (χ0) is 13.7. The number of benzene rings is 2. The van der Waals surface area contributed by atoms with E-state index in [9.17, 15) is 4.79 Å². The van der Waals surface area contributed by atoms with Gasteiger partial charge in [-0.3, -0.25) is 4.84 Å². The normalized spacial score (nSPS) is 24.1. The summed E-state index contributed by atoms with van der Waals surface area (Å²) in [5.74, 6) is 0.933. The Kier molecular flexibility index (Phi) is 2.37. The fourth-order valence-electron chi connectivity index (χ4n) is 3.14. The molecule has 2 amide bonds. The third-order valence-electron chi connectivity index (χ3n) is 4.02. The molecule has 2 aliphatic rings. The first-order valence-corrected chi connectivity index (χ1v) is 6.62. The van der Waals surface area contributed by atoms with E-state index in [1.54, 1.807) is 0 Å². The van der Waals surface area contributed by atoms with Crippen molar-refractivity contribution < 1.29 is 14.4 Å². The molecule has 2 aromatic rings. The highest BCUT2D eigenvalue weighted by molar-refractivity contribution is 5.89. The molecule has 0 saturated carbocycles. The molecule has 2 aliphatic heterocycles. The lowest BCUT2D eigenvalue weighted by Gasteiger charge is -2.31. The van der Waals surface area contributed by atoms with Gasteiger partial charge in [0.05, 0.1) is 19.3 Å². The van der Waals surface area contributed by atoms with E-state index >= 15 is 0 Å². The molecule has 20 heavy (non-hydrogen) atoms. The zero-order valence-corrected chi connectivity index (χ0v) is 10.8.